The summed E-state index contributed by atoms with van der Waals surface area (Å²) in [6.07, 6.45) is 3.90. The number of aromatic nitrogens is 1. The minimum Gasteiger partial charge on any atom is -0.362 e. The van der Waals surface area contributed by atoms with Crippen molar-refractivity contribution in [3.63, 3.8) is 0 Å². The van der Waals surface area contributed by atoms with E-state index in [-0.39, 0.29) is 17.6 Å². The fourth-order valence-corrected chi connectivity index (χ4v) is 4.66. The summed E-state index contributed by atoms with van der Waals surface area (Å²) in [4.78, 5) is 31.2. The molecule has 5 nitrogen and oxygen atoms in total. The number of rotatable bonds is 3. The molecule has 2 aliphatic rings. The Labute approximate surface area is 162 Å². The third-order valence-electron chi connectivity index (χ3n) is 5.01. The highest BCUT2D eigenvalue weighted by molar-refractivity contribution is 7.10. The van der Waals surface area contributed by atoms with Gasteiger partial charge in [0.1, 0.15) is 5.82 Å². The monoisotopic (exact) mass is 379 g/mol. The molecular weight excluding hydrogens is 358 g/mol. The van der Waals surface area contributed by atoms with Gasteiger partial charge in [0.2, 0.25) is 0 Å². The first-order chi connectivity index (χ1) is 13.0. The molecule has 1 atom stereocenters. The van der Waals surface area contributed by atoms with Crippen molar-refractivity contribution in [2.24, 2.45) is 0 Å². The number of pyridine rings is 1. The number of hydrogen-bond acceptors (Lipinski definition) is 5. The Morgan fingerprint density at radius 1 is 1.30 bits per heavy atom. The molecule has 0 bridgehead atoms. The van der Waals surface area contributed by atoms with Gasteiger partial charge in [-0.3, -0.25) is 9.59 Å². The Balaban J connectivity index is 1.75. The summed E-state index contributed by atoms with van der Waals surface area (Å²) < 4.78 is 0. The minimum absolute atomic E-state index is 0.133. The van der Waals surface area contributed by atoms with E-state index in [4.69, 9.17) is 0 Å². The maximum absolute atomic E-state index is 13.2. The number of nitrogens with zero attached hydrogens (tertiary/aromatic N) is 1. The fraction of sp³-hybridized carbons (Fsp3) is 0.286. The van der Waals surface area contributed by atoms with Gasteiger partial charge in [-0.05, 0) is 55.8 Å². The van der Waals surface area contributed by atoms with Crippen molar-refractivity contribution in [3.05, 3.63) is 68.8 Å². The first kappa shape index (κ1) is 17.7. The van der Waals surface area contributed by atoms with Gasteiger partial charge in [-0.2, -0.15) is 0 Å². The largest absolute Gasteiger partial charge is 0.362 e. The average Bonchev–Trinajstić information content (AvgIpc) is 3.15. The van der Waals surface area contributed by atoms with Crippen molar-refractivity contribution in [2.75, 3.05) is 5.32 Å². The predicted octanol–water partition coefficient (Wildman–Crippen LogP) is 4.06. The number of nitrogens with one attached hydrogen (secondary N) is 2. The molecule has 0 radical (unpaired) electrons. The summed E-state index contributed by atoms with van der Waals surface area (Å²) in [5, 5.41) is 8.22. The zero-order chi connectivity index (χ0) is 19.0. The molecule has 4 rings (SSSR count). The lowest BCUT2D eigenvalue weighted by atomic mass is 9.77. The number of carbonyl (C=O) groups is 2. The van der Waals surface area contributed by atoms with Gasteiger partial charge < -0.3 is 10.6 Å². The van der Waals surface area contributed by atoms with Crippen LogP contribution in [0.1, 0.15) is 42.5 Å². The molecule has 0 aromatic carbocycles. The molecular formula is C21H21N3O2S. The molecule has 3 heterocycles. The molecule has 0 fully saturated rings. The van der Waals surface area contributed by atoms with Crippen LogP contribution in [-0.2, 0) is 9.59 Å². The summed E-state index contributed by atoms with van der Waals surface area (Å²) in [6, 6.07) is 7.68. The maximum atomic E-state index is 13.2. The number of allylic oxidation sites excluding steroid dienone is 3. The lowest BCUT2D eigenvalue weighted by molar-refractivity contribution is -0.116. The van der Waals surface area contributed by atoms with Gasteiger partial charge in [0.15, 0.2) is 5.78 Å². The quantitative estimate of drug-likeness (QED) is 0.844. The first-order valence-electron chi connectivity index (χ1n) is 9.06. The summed E-state index contributed by atoms with van der Waals surface area (Å²) in [5.74, 6) is 0.105. The molecule has 2 aromatic heterocycles. The van der Waals surface area contributed by atoms with Crippen LogP contribution in [-0.4, -0.2) is 16.7 Å². The second-order valence-electron chi connectivity index (χ2n) is 6.95. The van der Waals surface area contributed by atoms with E-state index < -0.39 is 0 Å². The molecule has 1 aliphatic heterocycles. The number of Topliss-reactive ketones (excluding diaryl/α,β-unsaturated/α-hetero) is 1. The Hall–Kier alpha value is -2.73. The number of anilines is 1. The van der Waals surface area contributed by atoms with Crippen LogP contribution < -0.4 is 10.6 Å². The normalized spacial score (nSPS) is 19.6. The SMILES string of the molecule is CC1=C(C(=O)Nc2cc(C)ccn2)[C@H](c2cccs2)C2=C(CCCC2=O)N1. The van der Waals surface area contributed by atoms with E-state index in [1.54, 1.807) is 17.5 Å². The predicted molar refractivity (Wildman–Crippen MR) is 106 cm³/mol. The van der Waals surface area contributed by atoms with Crippen molar-refractivity contribution in [2.45, 2.75) is 39.0 Å². The lowest BCUT2D eigenvalue weighted by Gasteiger charge is -2.33. The Bertz CT molecular complexity index is 973. The number of aryl methyl sites for hydroxylation is 1. The Morgan fingerprint density at radius 2 is 2.15 bits per heavy atom. The van der Waals surface area contributed by atoms with Crippen LogP contribution in [0.4, 0.5) is 5.82 Å². The highest BCUT2D eigenvalue weighted by Crippen LogP contribution is 2.43. The number of carbonyl (C=O) groups excluding carboxylic acids is 2. The summed E-state index contributed by atoms with van der Waals surface area (Å²) >= 11 is 1.58. The molecule has 1 aliphatic carbocycles. The number of thiophene rings is 1. The molecule has 0 unspecified atom stereocenters. The van der Waals surface area contributed by atoms with Crippen LogP contribution in [0.15, 0.2) is 58.4 Å². The van der Waals surface area contributed by atoms with Crippen LogP contribution in [0.25, 0.3) is 0 Å². The first-order valence-corrected chi connectivity index (χ1v) is 9.94. The molecule has 2 aromatic rings. The minimum atomic E-state index is -0.321. The number of dihydropyridines is 1. The molecule has 27 heavy (non-hydrogen) atoms. The van der Waals surface area contributed by atoms with Crippen LogP contribution in [0.3, 0.4) is 0 Å². The van der Waals surface area contributed by atoms with Crippen molar-refractivity contribution in [3.8, 4) is 0 Å². The van der Waals surface area contributed by atoms with E-state index in [1.165, 1.54) is 0 Å². The zero-order valence-corrected chi connectivity index (χ0v) is 16.2. The van der Waals surface area contributed by atoms with Gasteiger partial charge in [0, 0.05) is 40.0 Å². The highest BCUT2D eigenvalue weighted by Gasteiger charge is 2.38. The third kappa shape index (κ3) is 3.32. The molecule has 0 saturated heterocycles. The number of ketones is 1. The van der Waals surface area contributed by atoms with E-state index in [2.05, 4.69) is 15.6 Å². The second kappa shape index (κ2) is 7.12. The van der Waals surface area contributed by atoms with E-state index in [1.807, 2.05) is 43.5 Å². The van der Waals surface area contributed by atoms with Gasteiger partial charge in [0.05, 0.1) is 5.92 Å². The third-order valence-corrected chi connectivity index (χ3v) is 5.94. The van der Waals surface area contributed by atoms with Crippen LogP contribution in [0.2, 0.25) is 0 Å². The standard InChI is InChI=1S/C21H21N3O2S/c1-12-8-9-22-17(11-12)24-21(26)18-13(2)23-14-5-3-6-15(25)19(14)20(18)16-7-4-10-27-16/h4,7-11,20,23H,3,5-6H2,1-2H3,(H,22,24,26)/t20-/m0/s1. The van der Waals surface area contributed by atoms with Crippen molar-refractivity contribution < 1.29 is 9.59 Å². The molecule has 2 N–H and O–H groups in total. The molecule has 1 amide bonds. The highest BCUT2D eigenvalue weighted by atomic mass is 32.1. The number of hydrogen-bond donors (Lipinski definition) is 2. The van der Waals surface area contributed by atoms with E-state index in [0.717, 1.165) is 40.2 Å². The van der Waals surface area contributed by atoms with Gasteiger partial charge in [-0.15, -0.1) is 11.3 Å². The van der Waals surface area contributed by atoms with Crippen LogP contribution >= 0.6 is 11.3 Å². The smallest absolute Gasteiger partial charge is 0.255 e. The molecule has 6 heteroatoms. The van der Waals surface area contributed by atoms with E-state index in [0.29, 0.717) is 17.8 Å². The fourth-order valence-electron chi connectivity index (χ4n) is 3.81. The average molecular weight is 379 g/mol. The second-order valence-corrected chi connectivity index (χ2v) is 7.93. The van der Waals surface area contributed by atoms with Crippen molar-refractivity contribution in [1.29, 1.82) is 0 Å². The topological polar surface area (TPSA) is 71.1 Å². The van der Waals surface area contributed by atoms with E-state index in [9.17, 15) is 9.59 Å². The Morgan fingerprint density at radius 3 is 2.89 bits per heavy atom. The van der Waals surface area contributed by atoms with Crippen LogP contribution in [0, 0.1) is 6.92 Å². The summed E-state index contributed by atoms with van der Waals surface area (Å²) in [6.45, 7) is 3.86. The lowest BCUT2D eigenvalue weighted by Crippen LogP contribution is -2.35. The van der Waals surface area contributed by atoms with Gasteiger partial charge >= 0.3 is 0 Å². The van der Waals surface area contributed by atoms with Crippen LogP contribution in [0.5, 0.6) is 0 Å². The zero-order valence-electron chi connectivity index (χ0n) is 15.3. The molecule has 0 spiro atoms. The molecule has 0 saturated carbocycles. The summed E-state index contributed by atoms with van der Waals surface area (Å²) in [7, 11) is 0. The molecule has 138 valence electrons. The maximum Gasteiger partial charge on any atom is 0.255 e. The van der Waals surface area contributed by atoms with Crippen molar-refractivity contribution >= 4 is 28.8 Å². The summed E-state index contributed by atoms with van der Waals surface area (Å²) in [5.41, 5.74) is 4.13. The Kier molecular flexibility index (Phi) is 4.66. The van der Waals surface area contributed by atoms with Gasteiger partial charge in [-0.1, -0.05) is 6.07 Å². The van der Waals surface area contributed by atoms with Gasteiger partial charge in [-0.25, -0.2) is 4.98 Å². The van der Waals surface area contributed by atoms with Gasteiger partial charge in [0.25, 0.3) is 5.91 Å². The van der Waals surface area contributed by atoms with E-state index >= 15 is 0 Å². The van der Waals surface area contributed by atoms with Crippen molar-refractivity contribution in [1.82, 2.24) is 10.3 Å². The number of amides is 1.